The summed E-state index contributed by atoms with van der Waals surface area (Å²) in [7, 11) is 0. The van der Waals surface area contributed by atoms with Crippen molar-refractivity contribution < 1.29 is 4.74 Å². The first-order valence-electron chi connectivity index (χ1n) is 6.94. The van der Waals surface area contributed by atoms with Gasteiger partial charge in [-0.3, -0.25) is 4.98 Å². The number of nitrogens with one attached hydrogen (secondary N) is 1. The summed E-state index contributed by atoms with van der Waals surface area (Å²) in [5.74, 6) is 0.600. The van der Waals surface area contributed by atoms with Crippen LogP contribution in [0, 0.1) is 5.92 Å². The van der Waals surface area contributed by atoms with Gasteiger partial charge in [-0.1, -0.05) is 19.9 Å². The molecule has 3 unspecified atom stereocenters. The van der Waals surface area contributed by atoms with E-state index in [1.165, 1.54) is 5.56 Å². The molecule has 0 spiro atoms. The third-order valence-corrected chi connectivity index (χ3v) is 3.73. The highest BCUT2D eigenvalue weighted by Crippen LogP contribution is 2.22. The molecule has 1 aliphatic heterocycles. The lowest BCUT2D eigenvalue weighted by molar-refractivity contribution is -0.0257. The Hall–Kier alpha value is -0.930. The van der Waals surface area contributed by atoms with Crippen molar-refractivity contribution in [1.29, 1.82) is 0 Å². The third-order valence-electron chi connectivity index (χ3n) is 3.73. The largest absolute Gasteiger partial charge is 0.378 e. The Balaban J connectivity index is 1.89. The lowest BCUT2D eigenvalue weighted by atomic mass is 9.94. The maximum absolute atomic E-state index is 5.80. The summed E-state index contributed by atoms with van der Waals surface area (Å²) in [5, 5.41) is 3.70. The molecule has 3 atom stereocenters. The standard InChI is InChI=1S/C15H24N2O/c1-11(2)15-9-14(6-8-18-15)17-12(3)13-5-4-7-16-10-13/h4-5,7,10-12,14-15,17H,6,8-9H2,1-3H3. The first kappa shape index (κ1) is 13.5. The van der Waals surface area contributed by atoms with E-state index in [4.69, 9.17) is 4.74 Å². The molecule has 2 heterocycles. The van der Waals surface area contributed by atoms with E-state index < -0.39 is 0 Å². The minimum atomic E-state index is 0.356. The molecule has 0 aromatic carbocycles. The van der Waals surface area contributed by atoms with Gasteiger partial charge in [0.1, 0.15) is 0 Å². The average Bonchev–Trinajstić information content (AvgIpc) is 2.40. The fourth-order valence-corrected chi connectivity index (χ4v) is 2.53. The fraction of sp³-hybridized carbons (Fsp3) is 0.667. The van der Waals surface area contributed by atoms with Crippen LogP contribution in [0.2, 0.25) is 0 Å². The van der Waals surface area contributed by atoms with Crippen LogP contribution in [-0.2, 0) is 4.74 Å². The third kappa shape index (κ3) is 3.53. The Labute approximate surface area is 110 Å². The van der Waals surface area contributed by atoms with Gasteiger partial charge in [-0.2, -0.15) is 0 Å². The molecule has 1 fully saturated rings. The normalized spacial score (nSPS) is 26.2. The molecular weight excluding hydrogens is 224 g/mol. The van der Waals surface area contributed by atoms with E-state index in [0.29, 0.717) is 24.1 Å². The lowest BCUT2D eigenvalue weighted by Gasteiger charge is -2.34. The summed E-state index contributed by atoms with van der Waals surface area (Å²) in [6, 6.07) is 5.04. The number of ether oxygens (including phenoxy) is 1. The molecule has 0 saturated carbocycles. The second kappa shape index (κ2) is 6.30. The van der Waals surface area contributed by atoms with Crippen molar-refractivity contribution >= 4 is 0 Å². The summed E-state index contributed by atoms with van der Waals surface area (Å²) in [6.45, 7) is 7.55. The molecule has 0 aliphatic carbocycles. The number of nitrogens with zero attached hydrogens (tertiary/aromatic N) is 1. The van der Waals surface area contributed by atoms with Crippen LogP contribution in [0.1, 0.15) is 45.2 Å². The van der Waals surface area contributed by atoms with E-state index in [1.807, 2.05) is 18.5 Å². The molecular formula is C15H24N2O. The maximum Gasteiger partial charge on any atom is 0.0612 e. The van der Waals surface area contributed by atoms with Gasteiger partial charge in [0.25, 0.3) is 0 Å². The predicted octanol–water partition coefficient (Wildman–Crippen LogP) is 2.94. The van der Waals surface area contributed by atoms with Crippen LogP contribution in [0.3, 0.4) is 0 Å². The van der Waals surface area contributed by atoms with Gasteiger partial charge in [0.2, 0.25) is 0 Å². The van der Waals surface area contributed by atoms with Crippen LogP contribution in [0.15, 0.2) is 24.5 Å². The number of hydrogen-bond acceptors (Lipinski definition) is 3. The van der Waals surface area contributed by atoms with E-state index in [1.54, 1.807) is 0 Å². The molecule has 2 rings (SSSR count). The highest BCUT2D eigenvalue weighted by Gasteiger charge is 2.25. The minimum absolute atomic E-state index is 0.356. The van der Waals surface area contributed by atoms with Crippen molar-refractivity contribution in [3.63, 3.8) is 0 Å². The van der Waals surface area contributed by atoms with Crippen LogP contribution < -0.4 is 5.32 Å². The number of rotatable bonds is 4. The maximum atomic E-state index is 5.80. The Bertz CT molecular complexity index is 353. The van der Waals surface area contributed by atoms with Crippen LogP contribution in [0.5, 0.6) is 0 Å². The van der Waals surface area contributed by atoms with Crippen LogP contribution in [-0.4, -0.2) is 23.7 Å². The molecule has 3 nitrogen and oxygen atoms in total. The SMILES string of the molecule is CC(NC1CCOC(C(C)C)C1)c1cccnc1. The van der Waals surface area contributed by atoms with Crippen molar-refractivity contribution in [2.45, 2.75) is 51.8 Å². The molecule has 0 amide bonds. The van der Waals surface area contributed by atoms with E-state index in [0.717, 1.165) is 19.4 Å². The van der Waals surface area contributed by atoms with Crippen molar-refractivity contribution in [3.05, 3.63) is 30.1 Å². The van der Waals surface area contributed by atoms with Gasteiger partial charge in [0, 0.05) is 31.1 Å². The number of hydrogen-bond donors (Lipinski definition) is 1. The molecule has 100 valence electrons. The first-order chi connectivity index (χ1) is 8.66. The monoisotopic (exact) mass is 248 g/mol. The second-order valence-electron chi connectivity index (χ2n) is 5.55. The Kier molecular flexibility index (Phi) is 4.72. The van der Waals surface area contributed by atoms with Gasteiger partial charge >= 0.3 is 0 Å². The summed E-state index contributed by atoms with van der Waals surface area (Å²) in [4.78, 5) is 4.18. The minimum Gasteiger partial charge on any atom is -0.378 e. The van der Waals surface area contributed by atoms with Crippen LogP contribution in [0.4, 0.5) is 0 Å². The molecule has 0 bridgehead atoms. The molecule has 18 heavy (non-hydrogen) atoms. The van der Waals surface area contributed by atoms with Crippen LogP contribution >= 0.6 is 0 Å². The zero-order valence-electron chi connectivity index (χ0n) is 11.6. The average molecular weight is 248 g/mol. The van der Waals surface area contributed by atoms with Gasteiger partial charge in [0.15, 0.2) is 0 Å². The topological polar surface area (TPSA) is 34.1 Å². The lowest BCUT2D eigenvalue weighted by Crippen LogP contribution is -2.41. The van der Waals surface area contributed by atoms with E-state index in [-0.39, 0.29) is 0 Å². The van der Waals surface area contributed by atoms with Gasteiger partial charge in [-0.25, -0.2) is 0 Å². The van der Waals surface area contributed by atoms with E-state index >= 15 is 0 Å². The number of aromatic nitrogens is 1. The smallest absolute Gasteiger partial charge is 0.0612 e. The Morgan fingerprint density at radius 2 is 2.22 bits per heavy atom. The van der Waals surface area contributed by atoms with Crippen molar-refractivity contribution in [3.8, 4) is 0 Å². The molecule has 0 radical (unpaired) electrons. The van der Waals surface area contributed by atoms with Crippen LogP contribution in [0.25, 0.3) is 0 Å². The van der Waals surface area contributed by atoms with Gasteiger partial charge in [0.05, 0.1) is 6.10 Å². The van der Waals surface area contributed by atoms with Crippen molar-refractivity contribution in [2.24, 2.45) is 5.92 Å². The molecule has 1 saturated heterocycles. The highest BCUT2D eigenvalue weighted by atomic mass is 16.5. The molecule has 3 heteroatoms. The zero-order chi connectivity index (χ0) is 13.0. The molecule has 1 aromatic heterocycles. The first-order valence-corrected chi connectivity index (χ1v) is 6.94. The number of pyridine rings is 1. The van der Waals surface area contributed by atoms with Crippen molar-refractivity contribution in [2.75, 3.05) is 6.61 Å². The quantitative estimate of drug-likeness (QED) is 0.889. The van der Waals surface area contributed by atoms with Crippen molar-refractivity contribution in [1.82, 2.24) is 10.3 Å². The zero-order valence-corrected chi connectivity index (χ0v) is 11.6. The van der Waals surface area contributed by atoms with Gasteiger partial charge < -0.3 is 10.1 Å². The fourth-order valence-electron chi connectivity index (χ4n) is 2.53. The van der Waals surface area contributed by atoms with E-state index in [9.17, 15) is 0 Å². The highest BCUT2D eigenvalue weighted by molar-refractivity contribution is 5.13. The predicted molar refractivity (Wildman–Crippen MR) is 73.4 cm³/mol. The van der Waals surface area contributed by atoms with Gasteiger partial charge in [-0.05, 0) is 37.3 Å². The van der Waals surface area contributed by atoms with Gasteiger partial charge in [-0.15, -0.1) is 0 Å². The van der Waals surface area contributed by atoms with E-state index in [2.05, 4.69) is 37.1 Å². The second-order valence-corrected chi connectivity index (χ2v) is 5.55. The molecule has 1 aliphatic rings. The Morgan fingerprint density at radius 3 is 2.89 bits per heavy atom. The molecule has 1 N–H and O–H groups in total. The summed E-state index contributed by atoms with van der Waals surface area (Å²) < 4.78 is 5.80. The molecule has 1 aromatic rings. The summed E-state index contributed by atoms with van der Waals surface area (Å²) in [6.07, 6.45) is 6.38. The summed E-state index contributed by atoms with van der Waals surface area (Å²) in [5.41, 5.74) is 1.25. The Morgan fingerprint density at radius 1 is 1.39 bits per heavy atom. The summed E-state index contributed by atoms with van der Waals surface area (Å²) >= 11 is 0.